The summed E-state index contributed by atoms with van der Waals surface area (Å²) in [6.07, 6.45) is 27.6. The normalized spacial score (nSPS) is 11.3. The van der Waals surface area contributed by atoms with Gasteiger partial charge in [0, 0.05) is 147 Å². The molecule has 0 bridgehead atoms. The van der Waals surface area contributed by atoms with Crippen LogP contribution in [0.3, 0.4) is 0 Å². The second-order valence-corrected chi connectivity index (χ2v) is 34.6. The fraction of sp³-hybridized carbons (Fsp3) is 0.0244. The molecule has 0 radical (unpaired) electrons. The molecule has 0 saturated carbocycles. The van der Waals surface area contributed by atoms with Crippen molar-refractivity contribution in [2.75, 3.05) is 0 Å². The Kier molecular flexibility index (Phi) is 25.2. The Morgan fingerprint density at radius 3 is 0.944 bits per heavy atom. The number of hydrogen-bond acceptors (Lipinski definition) is 12. The summed E-state index contributed by atoms with van der Waals surface area (Å²) in [7, 11) is 6.19. The Hall–Kier alpha value is -17.1. The Morgan fingerprint density at radius 2 is 0.535 bits per heavy atom. The smallest absolute Gasteiger partial charge is 0.367 e. The largest absolute Gasteiger partial charge is 2.00 e. The van der Waals surface area contributed by atoms with Gasteiger partial charge in [0.05, 0.1) is 50.6 Å². The van der Waals surface area contributed by atoms with E-state index in [-0.39, 0.29) is 63.2 Å². The number of benzene rings is 12. The number of para-hydroxylation sites is 1. The second kappa shape index (κ2) is 39.5. The molecule has 144 heavy (non-hydrogen) atoms. The monoisotopic (exact) mass is 2390 g/mol. The fourth-order valence-electron chi connectivity index (χ4n) is 19.3. The zero-order valence-corrected chi connectivity index (χ0v) is 84.2. The van der Waals surface area contributed by atoms with Gasteiger partial charge in [-0.25, -0.2) is 0 Å². The first-order valence-electron chi connectivity index (χ1n) is 46.3. The van der Waals surface area contributed by atoms with Crippen LogP contribution in [0.5, 0.6) is 0 Å². The van der Waals surface area contributed by atoms with Gasteiger partial charge in [-0.3, -0.25) is 44.9 Å². The van der Waals surface area contributed by atoms with Gasteiger partial charge >= 0.3 is 63.2 Å². The molecule has 0 aliphatic rings. The van der Waals surface area contributed by atoms with Crippen LogP contribution in [0.15, 0.2) is 421 Å². The van der Waals surface area contributed by atoms with E-state index in [1.54, 1.807) is 37.2 Å². The minimum atomic E-state index is 0. The van der Waals surface area contributed by atoms with Gasteiger partial charge in [0.15, 0.2) is 0 Å². The van der Waals surface area contributed by atoms with Crippen molar-refractivity contribution in [3.05, 3.63) is 457 Å². The molecular weight excluding hydrogens is 2310 g/mol. The second-order valence-electron chi connectivity index (χ2n) is 34.6. The molecule has 27 rings (SSSR count). The van der Waals surface area contributed by atoms with Crippen molar-refractivity contribution < 1.29 is 63.2 Å². The van der Waals surface area contributed by atoms with Gasteiger partial charge < -0.3 is 42.4 Å². The van der Waals surface area contributed by atoms with Crippen molar-refractivity contribution >= 4 is 98.5 Å². The van der Waals surface area contributed by atoms with Gasteiger partial charge in [-0.15, -0.1) is 155 Å². The molecule has 0 atom stereocenters. The zero-order valence-electron chi connectivity index (χ0n) is 77.3. The van der Waals surface area contributed by atoms with Gasteiger partial charge in [-0.05, 0) is 221 Å². The number of pyridine rings is 9. The first-order valence-corrected chi connectivity index (χ1v) is 46.3. The fourth-order valence-corrected chi connectivity index (χ4v) is 19.3. The number of rotatable bonds is 15. The average molecular weight is 2390 g/mol. The third kappa shape index (κ3) is 17.2. The number of aryl methyl sites for hydroxylation is 3. The van der Waals surface area contributed by atoms with Crippen LogP contribution in [0.2, 0.25) is 0 Å². The molecule has 0 saturated heterocycles. The quantitative estimate of drug-likeness (QED) is 0.0886. The molecule has 0 spiro atoms. The molecule has 27 aromatic rings. The molecule has 15 aromatic heterocycles. The van der Waals surface area contributed by atoms with Crippen molar-refractivity contribution in [1.82, 2.24) is 87.2 Å². The van der Waals surface area contributed by atoms with E-state index < -0.39 is 0 Å². The van der Waals surface area contributed by atoms with E-state index in [0.29, 0.717) is 0 Å². The predicted octanol–water partition coefficient (Wildman–Crippen LogP) is 27.4. The Labute approximate surface area is 871 Å². The van der Waals surface area contributed by atoms with Crippen LogP contribution >= 0.6 is 0 Å². The molecule has 0 unspecified atom stereocenters. The first kappa shape index (κ1) is 91.9. The summed E-state index contributed by atoms with van der Waals surface area (Å²) >= 11 is 0. The minimum Gasteiger partial charge on any atom is -0.367 e. The molecular formula is C123H78N18Pt3. The summed E-state index contributed by atoms with van der Waals surface area (Å²) < 4.78 is 13.2. The van der Waals surface area contributed by atoms with E-state index in [4.69, 9.17) is 15.0 Å². The average Bonchev–Trinajstić information content (AvgIpc) is 1.58. The van der Waals surface area contributed by atoms with Crippen molar-refractivity contribution in [2.45, 2.75) is 0 Å². The van der Waals surface area contributed by atoms with E-state index in [2.05, 4.69) is 366 Å². The molecule has 0 aliphatic carbocycles. The molecule has 15 heterocycles. The van der Waals surface area contributed by atoms with Crippen LogP contribution in [0.25, 0.3) is 250 Å². The first-order chi connectivity index (χ1) is 69.6. The van der Waals surface area contributed by atoms with Crippen LogP contribution in [0.4, 0.5) is 0 Å². The van der Waals surface area contributed by atoms with Crippen LogP contribution in [-0.2, 0) is 84.3 Å². The Bertz CT molecular complexity index is 9150. The van der Waals surface area contributed by atoms with E-state index in [9.17, 15) is 0 Å². The molecule has 21 heteroatoms. The standard InChI is InChI=1S/3C41H26N6.3Pt/c1-46-40-23-28(32-9-6-19-43-26-32)13-16-37(40)45-41(46)30-12-15-34-35-22-27(31-8-5-18-42-25-31)14-17-38(35)47(39(34)24-30)33-10-4-7-29(21-33)36-11-2-3-20-44-36;1-46-39-17-14-28(32-9-6-19-43-26-32)23-37(39)45-41(46)30-12-15-34-35-22-27(31-8-5-18-42-25-31)13-16-38(35)47(40(34)24-30)33-10-4-7-29(21-33)36-11-2-3-20-44-36;1-46-40-23-27(29-8-6-17-42-25-29)14-16-37(40)45-41(46)28-13-15-35-34-10-2-3-12-38(34)47(39(35)24-28)33-21-31(30-9-7-18-43-26-30)20-32(22-33)36-11-4-5-19-44-36;;;/h2*2-20,22-23,25-26H,1H3;2-21,23,25-26H,1H3;;;/q3*-2;3*+2. The SMILES string of the molecule is Cn1c(-c2[c-]c3c(cc2)c2cc(-c4cccnc4)ccc2n3-c2[c-]c(-c3ccccn3)ccc2)nc2cc(-c3cccnc3)ccc21.Cn1c(-c2[c-]c3c(cc2)c2cc(-c4cccnc4)ccc2n3-c2[c-]c(-c3ccccn3)ccc2)nc2ccc(-c3cccnc3)cc21.Cn1c(-c2[c-]c3c(cc2)c2ccccc2n3-c2[c-]c(-c3ccccn3)cc(-c3cccnc3)c2)nc2ccc(-c3cccnc3)cc21.[Pt+2].[Pt+2].[Pt+2]. The third-order valence-corrected chi connectivity index (χ3v) is 26.2. The molecule has 0 N–H and O–H groups in total. The summed E-state index contributed by atoms with van der Waals surface area (Å²) in [5, 5.41) is 6.73. The van der Waals surface area contributed by atoms with Crippen molar-refractivity contribution in [2.24, 2.45) is 21.1 Å². The van der Waals surface area contributed by atoms with Crippen LogP contribution < -0.4 is 0 Å². The van der Waals surface area contributed by atoms with Gasteiger partial charge in [0.25, 0.3) is 0 Å². The van der Waals surface area contributed by atoms with Crippen LogP contribution in [0, 0.1) is 36.4 Å². The number of nitrogens with zero attached hydrogens (tertiary/aromatic N) is 18. The van der Waals surface area contributed by atoms with Gasteiger partial charge in [0.2, 0.25) is 0 Å². The molecule has 690 valence electrons. The number of imidazole rings is 3. The summed E-state index contributed by atoms with van der Waals surface area (Å²) in [5.74, 6) is 2.55. The summed E-state index contributed by atoms with van der Waals surface area (Å²) in [6, 6.07) is 135. The molecule has 12 aromatic carbocycles. The Balaban J connectivity index is 0.000000122. The van der Waals surface area contributed by atoms with Crippen LogP contribution in [-0.4, -0.2) is 87.2 Å². The predicted molar refractivity (Wildman–Crippen MR) is 564 cm³/mol. The van der Waals surface area contributed by atoms with E-state index in [1.807, 2.05) is 147 Å². The molecule has 0 fully saturated rings. The summed E-state index contributed by atoms with van der Waals surface area (Å²) in [5.41, 5.74) is 35.8. The van der Waals surface area contributed by atoms with Gasteiger partial charge in [-0.1, -0.05) is 155 Å². The minimum absolute atomic E-state index is 0. The summed E-state index contributed by atoms with van der Waals surface area (Å²) in [6.45, 7) is 0. The van der Waals surface area contributed by atoms with E-state index in [1.165, 1.54) is 0 Å². The van der Waals surface area contributed by atoms with Gasteiger partial charge in [-0.2, -0.15) is 0 Å². The zero-order chi connectivity index (χ0) is 94.0. The third-order valence-electron chi connectivity index (χ3n) is 26.2. The van der Waals surface area contributed by atoms with Crippen molar-refractivity contribution in [3.8, 4) is 152 Å². The summed E-state index contributed by atoms with van der Waals surface area (Å²) in [4.78, 5) is 55.1. The van der Waals surface area contributed by atoms with E-state index >= 15 is 0 Å². The molecule has 0 amide bonds. The van der Waals surface area contributed by atoms with E-state index in [0.717, 1.165) is 250 Å². The Morgan fingerprint density at radius 1 is 0.194 bits per heavy atom. The molecule has 18 nitrogen and oxygen atoms in total. The number of hydrogen-bond donors (Lipinski definition) is 0. The van der Waals surface area contributed by atoms with Crippen molar-refractivity contribution in [1.29, 1.82) is 0 Å². The topological polar surface area (TPSA) is 184 Å². The van der Waals surface area contributed by atoms with Crippen LogP contribution in [0.1, 0.15) is 0 Å². The maximum atomic E-state index is 5.12. The van der Waals surface area contributed by atoms with Crippen molar-refractivity contribution in [3.63, 3.8) is 0 Å². The maximum absolute atomic E-state index is 5.12. The number of aromatic nitrogens is 18. The van der Waals surface area contributed by atoms with Gasteiger partial charge in [0.1, 0.15) is 0 Å². The maximum Gasteiger partial charge on any atom is 2.00 e. The number of fused-ring (bicyclic) bond motifs is 12. The molecule has 0 aliphatic heterocycles.